The van der Waals surface area contributed by atoms with Crippen molar-refractivity contribution in [1.29, 1.82) is 0 Å². The van der Waals surface area contributed by atoms with E-state index >= 15 is 0 Å². The van der Waals surface area contributed by atoms with Crippen LogP contribution in [0.2, 0.25) is 0 Å². The molecule has 0 aromatic heterocycles. The number of guanidine groups is 1. The summed E-state index contributed by atoms with van der Waals surface area (Å²) in [7, 11) is 3.63. The van der Waals surface area contributed by atoms with Crippen LogP contribution in [0.15, 0.2) is 4.99 Å². The summed E-state index contributed by atoms with van der Waals surface area (Å²) < 4.78 is 10.5. The number of piperidine rings is 1. The van der Waals surface area contributed by atoms with Gasteiger partial charge in [-0.15, -0.1) is 0 Å². The SMILES string of the molecule is CN=C(NCC1CCN(CCOC)CC1)N1CCN(CC(=O)N2CCOCC2)CC1. The van der Waals surface area contributed by atoms with Gasteiger partial charge in [-0.1, -0.05) is 0 Å². The van der Waals surface area contributed by atoms with Crippen LogP contribution < -0.4 is 5.32 Å². The summed E-state index contributed by atoms with van der Waals surface area (Å²) >= 11 is 0. The van der Waals surface area contributed by atoms with Gasteiger partial charge in [0.15, 0.2) is 5.96 Å². The minimum atomic E-state index is 0.228. The van der Waals surface area contributed by atoms with Gasteiger partial charge in [-0.2, -0.15) is 0 Å². The van der Waals surface area contributed by atoms with Crippen LogP contribution in [0.5, 0.6) is 0 Å². The number of carbonyl (C=O) groups is 1. The monoisotopic (exact) mass is 424 g/mol. The molecule has 3 saturated heterocycles. The topological polar surface area (TPSA) is 72.9 Å². The second-order valence-electron chi connectivity index (χ2n) is 8.46. The summed E-state index contributed by atoms with van der Waals surface area (Å²) in [4.78, 5) is 26.0. The van der Waals surface area contributed by atoms with Crippen LogP contribution in [0, 0.1) is 5.92 Å². The van der Waals surface area contributed by atoms with Gasteiger partial charge in [0.25, 0.3) is 0 Å². The lowest BCUT2D eigenvalue weighted by molar-refractivity contribution is -0.136. The van der Waals surface area contributed by atoms with E-state index in [1.807, 2.05) is 11.9 Å². The molecule has 0 aromatic carbocycles. The highest BCUT2D eigenvalue weighted by Gasteiger charge is 2.25. The van der Waals surface area contributed by atoms with Gasteiger partial charge < -0.3 is 29.5 Å². The first-order chi connectivity index (χ1) is 14.7. The normalized spacial score (nSPS) is 23.1. The first-order valence-corrected chi connectivity index (χ1v) is 11.4. The molecule has 1 amide bonds. The molecule has 9 nitrogen and oxygen atoms in total. The van der Waals surface area contributed by atoms with Gasteiger partial charge in [-0.3, -0.25) is 14.7 Å². The van der Waals surface area contributed by atoms with Crippen molar-refractivity contribution in [1.82, 2.24) is 24.9 Å². The average Bonchev–Trinajstić information content (AvgIpc) is 2.80. The van der Waals surface area contributed by atoms with E-state index in [4.69, 9.17) is 9.47 Å². The van der Waals surface area contributed by atoms with Crippen LogP contribution >= 0.6 is 0 Å². The van der Waals surface area contributed by atoms with Gasteiger partial charge in [0, 0.05) is 66.5 Å². The quantitative estimate of drug-likeness (QED) is 0.432. The maximum absolute atomic E-state index is 12.5. The molecule has 1 N–H and O–H groups in total. The minimum absolute atomic E-state index is 0.228. The number of carbonyl (C=O) groups excluding carboxylic acids is 1. The van der Waals surface area contributed by atoms with Crippen molar-refractivity contribution in [2.24, 2.45) is 10.9 Å². The molecule has 0 aliphatic carbocycles. The first kappa shape index (κ1) is 23.2. The Labute approximate surface area is 181 Å². The summed E-state index contributed by atoms with van der Waals surface area (Å²) in [5, 5.41) is 3.60. The molecule has 3 fully saturated rings. The lowest BCUT2D eigenvalue weighted by atomic mass is 9.97. The molecule has 30 heavy (non-hydrogen) atoms. The highest BCUT2D eigenvalue weighted by atomic mass is 16.5. The van der Waals surface area contributed by atoms with Gasteiger partial charge in [0.2, 0.25) is 5.91 Å². The number of piperazine rings is 1. The van der Waals surface area contributed by atoms with Gasteiger partial charge in [-0.05, 0) is 31.8 Å². The van der Waals surface area contributed by atoms with Crippen molar-refractivity contribution in [2.75, 3.05) is 106 Å². The molecule has 3 heterocycles. The Bertz CT molecular complexity index is 539. The Kier molecular flexibility index (Phi) is 9.64. The first-order valence-electron chi connectivity index (χ1n) is 11.4. The van der Waals surface area contributed by atoms with Crippen molar-refractivity contribution in [3.05, 3.63) is 0 Å². The zero-order chi connectivity index (χ0) is 21.2. The van der Waals surface area contributed by atoms with E-state index in [1.54, 1.807) is 7.11 Å². The predicted octanol–water partition coefficient (Wildman–Crippen LogP) is -0.603. The van der Waals surface area contributed by atoms with E-state index in [-0.39, 0.29) is 5.91 Å². The molecule has 0 atom stereocenters. The summed E-state index contributed by atoms with van der Waals surface area (Å²) in [6.45, 7) is 12.1. The van der Waals surface area contributed by atoms with Crippen molar-refractivity contribution in [3.8, 4) is 0 Å². The lowest BCUT2D eigenvalue weighted by Crippen LogP contribution is -2.55. The molecular weight excluding hydrogens is 384 g/mol. The van der Waals surface area contributed by atoms with Crippen molar-refractivity contribution in [3.63, 3.8) is 0 Å². The van der Waals surface area contributed by atoms with Crippen LogP contribution in [0.4, 0.5) is 0 Å². The number of nitrogens with zero attached hydrogens (tertiary/aromatic N) is 5. The number of nitrogens with one attached hydrogen (secondary N) is 1. The van der Waals surface area contributed by atoms with Crippen LogP contribution in [0.25, 0.3) is 0 Å². The molecule has 3 rings (SSSR count). The Hall–Kier alpha value is -1.42. The molecule has 0 radical (unpaired) electrons. The van der Waals surface area contributed by atoms with E-state index in [1.165, 1.54) is 12.8 Å². The second-order valence-corrected chi connectivity index (χ2v) is 8.46. The molecule has 0 aromatic rings. The van der Waals surface area contributed by atoms with Gasteiger partial charge in [0.1, 0.15) is 0 Å². The number of ether oxygens (including phenoxy) is 2. The number of aliphatic imine (C=N–C) groups is 1. The van der Waals surface area contributed by atoms with Gasteiger partial charge in [0.05, 0.1) is 26.4 Å². The third kappa shape index (κ3) is 7.08. The molecule has 9 heteroatoms. The number of morpholine rings is 1. The number of methoxy groups -OCH3 is 1. The molecule has 172 valence electrons. The Balaban J connectivity index is 1.33. The fraction of sp³-hybridized carbons (Fsp3) is 0.905. The van der Waals surface area contributed by atoms with Crippen LogP contribution in [-0.2, 0) is 14.3 Å². The molecule has 3 aliphatic heterocycles. The number of rotatable bonds is 7. The Morgan fingerprint density at radius 3 is 2.33 bits per heavy atom. The Morgan fingerprint density at radius 2 is 1.70 bits per heavy atom. The molecule has 0 saturated carbocycles. The van der Waals surface area contributed by atoms with E-state index < -0.39 is 0 Å². The largest absolute Gasteiger partial charge is 0.383 e. The fourth-order valence-electron chi connectivity index (χ4n) is 4.42. The van der Waals surface area contributed by atoms with E-state index in [0.717, 1.165) is 78.0 Å². The molecule has 0 spiro atoms. The number of hydrogen-bond donors (Lipinski definition) is 1. The zero-order valence-corrected chi connectivity index (χ0v) is 18.9. The molecule has 3 aliphatic rings. The van der Waals surface area contributed by atoms with Gasteiger partial charge in [-0.25, -0.2) is 0 Å². The van der Waals surface area contributed by atoms with Crippen LogP contribution in [0.1, 0.15) is 12.8 Å². The zero-order valence-electron chi connectivity index (χ0n) is 18.9. The third-order valence-corrected chi connectivity index (χ3v) is 6.47. The van der Waals surface area contributed by atoms with Crippen LogP contribution in [-0.4, -0.2) is 137 Å². The smallest absolute Gasteiger partial charge is 0.236 e. The Morgan fingerprint density at radius 1 is 1.00 bits per heavy atom. The molecular formula is C21H40N6O3. The summed E-state index contributed by atoms with van der Waals surface area (Å²) in [5.74, 6) is 1.93. The second kappa shape index (κ2) is 12.4. The fourth-order valence-corrected chi connectivity index (χ4v) is 4.42. The highest BCUT2D eigenvalue weighted by molar-refractivity contribution is 5.80. The molecule has 0 bridgehead atoms. The summed E-state index contributed by atoms with van der Waals surface area (Å²) in [5.41, 5.74) is 0. The third-order valence-electron chi connectivity index (χ3n) is 6.47. The van der Waals surface area contributed by atoms with Gasteiger partial charge >= 0.3 is 0 Å². The van der Waals surface area contributed by atoms with Crippen molar-refractivity contribution < 1.29 is 14.3 Å². The predicted molar refractivity (Wildman–Crippen MR) is 118 cm³/mol. The van der Waals surface area contributed by atoms with Crippen molar-refractivity contribution in [2.45, 2.75) is 12.8 Å². The number of likely N-dealkylation sites (tertiary alicyclic amines) is 1. The average molecular weight is 425 g/mol. The standard InChI is InChI=1S/C21H40N6O3/c1-22-21(23-17-19-3-5-24(6-4-19)11-14-29-2)27-9-7-25(8-10-27)18-20(28)26-12-15-30-16-13-26/h19H,3-18H2,1-2H3,(H,22,23). The minimum Gasteiger partial charge on any atom is -0.383 e. The maximum Gasteiger partial charge on any atom is 0.236 e. The van der Waals surface area contributed by atoms with E-state index in [9.17, 15) is 4.79 Å². The van der Waals surface area contributed by atoms with E-state index in [0.29, 0.717) is 25.7 Å². The molecule has 0 unspecified atom stereocenters. The number of amides is 1. The van der Waals surface area contributed by atoms with E-state index in [2.05, 4.69) is 25.0 Å². The van der Waals surface area contributed by atoms with Crippen molar-refractivity contribution >= 4 is 11.9 Å². The maximum atomic E-state index is 12.5. The lowest BCUT2D eigenvalue weighted by Gasteiger charge is -2.38. The number of hydrogen-bond acceptors (Lipinski definition) is 6. The summed E-state index contributed by atoms with van der Waals surface area (Å²) in [6, 6.07) is 0. The highest BCUT2D eigenvalue weighted by Crippen LogP contribution is 2.16. The summed E-state index contributed by atoms with van der Waals surface area (Å²) in [6.07, 6.45) is 2.45. The van der Waals surface area contributed by atoms with Crippen LogP contribution in [0.3, 0.4) is 0 Å².